The summed E-state index contributed by atoms with van der Waals surface area (Å²) in [6.07, 6.45) is 6.62. The molecule has 4 nitrogen and oxygen atoms in total. The fourth-order valence-corrected chi connectivity index (χ4v) is 2.87. The zero-order chi connectivity index (χ0) is 13.1. The molecule has 1 amide bonds. The highest BCUT2D eigenvalue weighted by atomic mass is 79.9. The van der Waals surface area contributed by atoms with E-state index in [-0.39, 0.29) is 5.91 Å². The number of hydrogen-bond donors (Lipinski definition) is 1. The van der Waals surface area contributed by atoms with E-state index in [4.69, 9.17) is 5.73 Å². The van der Waals surface area contributed by atoms with Crippen LogP contribution in [0.15, 0.2) is 16.7 Å². The Kier molecular flexibility index (Phi) is 4.22. The van der Waals surface area contributed by atoms with Crippen LogP contribution in [0.5, 0.6) is 0 Å². The lowest BCUT2D eigenvalue weighted by Gasteiger charge is -2.21. The maximum atomic E-state index is 12.3. The fourth-order valence-electron chi connectivity index (χ4n) is 2.49. The van der Waals surface area contributed by atoms with Crippen molar-refractivity contribution >= 4 is 27.7 Å². The van der Waals surface area contributed by atoms with Crippen molar-refractivity contribution in [2.45, 2.75) is 25.7 Å². The first-order valence-corrected chi connectivity index (χ1v) is 7.03. The molecule has 0 aromatic carbocycles. The molecule has 98 valence electrons. The maximum Gasteiger partial charge on any atom is 0.254 e. The molecule has 0 bridgehead atoms. The van der Waals surface area contributed by atoms with Gasteiger partial charge in [-0.3, -0.25) is 4.79 Å². The molecule has 1 aliphatic carbocycles. The third kappa shape index (κ3) is 3.02. The predicted molar refractivity (Wildman–Crippen MR) is 75.3 cm³/mol. The summed E-state index contributed by atoms with van der Waals surface area (Å²) < 4.78 is 0.694. The first kappa shape index (κ1) is 13.3. The summed E-state index contributed by atoms with van der Waals surface area (Å²) in [5.41, 5.74) is 6.21. The number of pyridine rings is 1. The number of nitrogens with zero attached hydrogens (tertiary/aromatic N) is 2. The number of halogens is 1. The van der Waals surface area contributed by atoms with Crippen LogP contribution >= 0.6 is 15.9 Å². The molecule has 0 radical (unpaired) electrons. The number of hydrogen-bond acceptors (Lipinski definition) is 3. The van der Waals surface area contributed by atoms with Gasteiger partial charge in [0, 0.05) is 24.3 Å². The highest BCUT2D eigenvalue weighted by Gasteiger charge is 2.21. The van der Waals surface area contributed by atoms with Gasteiger partial charge in [-0.1, -0.05) is 12.8 Å². The molecule has 5 heteroatoms. The standard InChI is InChI=1S/C13H18BrN3O/c1-17(8-9-4-2-3-5-9)13(18)10-6-12(15)16-7-11(10)14/h6-7,9H,2-5,8H2,1H3,(H2,15,16). The number of nitrogen functional groups attached to an aromatic ring is 1. The number of carbonyl (C=O) groups is 1. The van der Waals surface area contributed by atoms with Gasteiger partial charge in [0.15, 0.2) is 0 Å². The van der Waals surface area contributed by atoms with Crippen LogP contribution in [-0.2, 0) is 0 Å². The highest BCUT2D eigenvalue weighted by molar-refractivity contribution is 9.10. The second kappa shape index (κ2) is 5.69. The van der Waals surface area contributed by atoms with Gasteiger partial charge in [-0.25, -0.2) is 4.98 Å². The van der Waals surface area contributed by atoms with Gasteiger partial charge < -0.3 is 10.6 Å². The van der Waals surface area contributed by atoms with Gasteiger partial charge in [0.2, 0.25) is 0 Å². The second-order valence-corrected chi connectivity index (χ2v) is 5.78. The molecule has 2 rings (SSSR count). The molecule has 0 saturated heterocycles. The number of rotatable bonds is 3. The molecule has 1 heterocycles. The molecule has 0 spiro atoms. The number of aromatic nitrogens is 1. The van der Waals surface area contributed by atoms with Crippen LogP contribution < -0.4 is 5.73 Å². The smallest absolute Gasteiger partial charge is 0.254 e. The molecule has 1 aromatic heterocycles. The third-order valence-corrected chi connectivity index (χ3v) is 4.09. The van der Waals surface area contributed by atoms with Crippen molar-refractivity contribution in [3.8, 4) is 0 Å². The molecule has 2 N–H and O–H groups in total. The summed E-state index contributed by atoms with van der Waals surface area (Å²) in [5.74, 6) is 1.02. The Bertz CT molecular complexity index is 444. The number of nitrogens with two attached hydrogens (primary N) is 1. The van der Waals surface area contributed by atoms with E-state index in [1.807, 2.05) is 7.05 Å². The van der Waals surface area contributed by atoms with Crippen molar-refractivity contribution in [1.82, 2.24) is 9.88 Å². The number of anilines is 1. The van der Waals surface area contributed by atoms with E-state index in [2.05, 4.69) is 20.9 Å². The molecule has 1 saturated carbocycles. The zero-order valence-corrected chi connectivity index (χ0v) is 12.1. The van der Waals surface area contributed by atoms with Crippen LogP contribution in [0.4, 0.5) is 5.82 Å². The van der Waals surface area contributed by atoms with Crippen LogP contribution in [0.3, 0.4) is 0 Å². The molecule has 1 aromatic rings. The molecule has 0 atom stereocenters. The average molecular weight is 312 g/mol. The van der Waals surface area contributed by atoms with Crippen LogP contribution in [0.1, 0.15) is 36.0 Å². The van der Waals surface area contributed by atoms with E-state index in [0.29, 0.717) is 21.8 Å². The Labute approximate surface area is 116 Å². The Morgan fingerprint density at radius 2 is 2.22 bits per heavy atom. The summed E-state index contributed by atoms with van der Waals surface area (Å²) in [4.78, 5) is 18.0. The molecule has 18 heavy (non-hydrogen) atoms. The van der Waals surface area contributed by atoms with E-state index in [0.717, 1.165) is 6.54 Å². The topological polar surface area (TPSA) is 59.2 Å². The first-order valence-electron chi connectivity index (χ1n) is 6.24. The fraction of sp³-hybridized carbons (Fsp3) is 0.538. The molecule has 0 unspecified atom stereocenters. The Morgan fingerprint density at radius 3 is 2.89 bits per heavy atom. The monoisotopic (exact) mass is 311 g/mol. The SMILES string of the molecule is CN(CC1CCCC1)C(=O)c1cc(N)ncc1Br. The number of amides is 1. The van der Waals surface area contributed by atoms with Crippen molar-refractivity contribution in [1.29, 1.82) is 0 Å². The Balaban J connectivity index is 2.07. The summed E-state index contributed by atoms with van der Waals surface area (Å²) in [6, 6.07) is 1.62. The van der Waals surface area contributed by atoms with Gasteiger partial charge >= 0.3 is 0 Å². The summed E-state index contributed by atoms with van der Waals surface area (Å²) in [6.45, 7) is 0.827. The zero-order valence-electron chi connectivity index (χ0n) is 10.5. The molecule has 1 fully saturated rings. The predicted octanol–water partition coefficient (Wildman–Crippen LogP) is 2.69. The minimum atomic E-state index is 0.00266. The van der Waals surface area contributed by atoms with Gasteiger partial charge in [0.25, 0.3) is 5.91 Å². The van der Waals surface area contributed by atoms with Crippen molar-refractivity contribution in [2.75, 3.05) is 19.3 Å². The normalized spacial score (nSPS) is 15.9. The van der Waals surface area contributed by atoms with Gasteiger partial charge in [-0.2, -0.15) is 0 Å². The van der Waals surface area contributed by atoms with Crippen molar-refractivity contribution in [3.63, 3.8) is 0 Å². The van der Waals surface area contributed by atoms with E-state index in [1.54, 1.807) is 17.2 Å². The van der Waals surface area contributed by atoms with E-state index >= 15 is 0 Å². The first-order chi connectivity index (χ1) is 8.58. The van der Waals surface area contributed by atoms with Crippen molar-refractivity contribution in [3.05, 3.63) is 22.3 Å². The lowest BCUT2D eigenvalue weighted by atomic mass is 10.1. The molecular formula is C13H18BrN3O. The summed E-state index contributed by atoms with van der Waals surface area (Å²) in [5, 5.41) is 0. The number of carbonyl (C=O) groups excluding carboxylic acids is 1. The molecule has 1 aliphatic rings. The van der Waals surface area contributed by atoms with E-state index < -0.39 is 0 Å². The second-order valence-electron chi connectivity index (χ2n) is 4.93. The molecule has 0 aliphatic heterocycles. The summed E-state index contributed by atoms with van der Waals surface area (Å²) in [7, 11) is 1.85. The highest BCUT2D eigenvalue weighted by Crippen LogP contribution is 2.26. The lowest BCUT2D eigenvalue weighted by molar-refractivity contribution is 0.0772. The van der Waals surface area contributed by atoms with E-state index in [9.17, 15) is 4.79 Å². The minimum Gasteiger partial charge on any atom is -0.384 e. The average Bonchev–Trinajstić information content (AvgIpc) is 2.84. The largest absolute Gasteiger partial charge is 0.384 e. The maximum absolute atomic E-state index is 12.3. The Hall–Kier alpha value is -1.10. The third-order valence-electron chi connectivity index (χ3n) is 3.46. The van der Waals surface area contributed by atoms with E-state index in [1.165, 1.54) is 25.7 Å². The van der Waals surface area contributed by atoms with Gasteiger partial charge in [-0.05, 0) is 40.8 Å². The molecular weight excluding hydrogens is 294 g/mol. The van der Waals surface area contributed by atoms with Crippen molar-refractivity contribution < 1.29 is 4.79 Å². The Morgan fingerprint density at radius 1 is 1.56 bits per heavy atom. The van der Waals surface area contributed by atoms with Crippen molar-refractivity contribution in [2.24, 2.45) is 5.92 Å². The quantitative estimate of drug-likeness (QED) is 0.933. The van der Waals surface area contributed by atoms with Gasteiger partial charge in [0.1, 0.15) is 5.82 Å². The van der Waals surface area contributed by atoms with Gasteiger partial charge in [-0.15, -0.1) is 0 Å². The van der Waals surface area contributed by atoms with Crippen LogP contribution in [0.2, 0.25) is 0 Å². The van der Waals surface area contributed by atoms with Crippen LogP contribution in [0.25, 0.3) is 0 Å². The van der Waals surface area contributed by atoms with Crippen LogP contribution in [-0.4, -0.2) is 29.4 Å². The lowest BCUT2D eigenvalue weighted by Crippen LogP contribution is -2.31. The van der Waals surface area contributed by atoms with Crippen LogP contribution in [0, 0.1) is 5.92 Å². The minimum absolute atomic E-state index is 0.00266. The van der Waals surface area contributed by atoms with Gasteiger partial charge in [0.05, 0.1) is 5.56 Å². The summed E-state index contributed by atoms with van der Waals surface area (Å²) >= 11 is 3.35.